The van der Waals surface area contributed by atoms with Crippen molar-refractivity contribution in [3.63, 3.8) is 0 Å². The molecule has 1 heterocycles. The van der Waals surface area contributed by atoms with Crippen molar-refractivity contribution in [1.82, 2.24) is 16.2 Å². The van der Waals surface area contributed by atoms with Crippen LogP contribution in [0, 0.1) is 12.8 Å². The van der Waals surface area contributed by atoms with Crippen molar-refractivity contribution >= 4 is 17.7 Å². The molecule has 29 heavy (non-hydrogen) atoms. The van der Waals surface area contributed by atoms with E-state index in [9.17, 15) is 14.4 Å². The number of carbonyl (C=O) groups is 3. The summed E-state index contributed by atoms with van der Waals surface area (Å²) in [5.74, 6) is -0.551. The Hall–Kier alpha value is -3.55. The number of fused-ring (bicyclic) bond motifs is 1. The highest BCUT2D eigenvalue weighted by atomic mass is 16.7. The zero-order valence-electron chi connectivity index (χ0n) is 16.4. The summed E-state index contributed by atoms with van der Waals surface area (Å²) in [7, 11) is 0. The van der Waals surface area contributed by atoms with Crippen LogP contribution < -0.4 is 25.6 Å². The Kier molecular flexibility index (Phi) is 6.01. The van der Waals surface area contributed by atoms with Crippen molar-refractivity contribution in [2.45, 2.75) is 26.8 Å². The number of hydrogen-bond acceptors (Lipinski definition) is 5. The molecule has 0 unspecified atom stereocenters. The van der Waals surface area contributed by atoms with Gasteiger partial charge in [-0.2, -0.15) is 0 Å². The van der Waals surface area contributed by atoms with Gasteiger partial charge in [0.25, 0.3) is 17.7 Å². The van der Waals surface area contributed by atoms with Gasteiger partial charge in [0.1, 0.15) is 6.04 Å². The summed E-state index contributed by atoms with van der Waals surface area (Å²) in [4.78, 5) is 37.3. The molecule has 8 nitrogen and oxygen atoms in total. The van der Waals surface area contributed by atoms with Crippen molar-refractivity contribution in [2.75, 3.05) is 6.79 Å². The molecule has 0 radical (unpaired) electrons. The van der Waals surface area contributed by atoms with Crippen LogP contribution in [-0.4, -0.2) is 30.6 Å². The zero-order chi connectivity index (χ0) is 21.0. The van der Waals surface area contributed by atoms with E-state index < -0.39 is 17.9 Å². The second-order valence-corrected chi connectivity index (χ2v) is 7.07. The normalized spacial score (nSPS) is 13.0. The fraction of sp³-hybridized carbons (Fsp3) is 0.286. The molecule has 8 heteroatoms. The Morgan fingerprint density at radius 3 is 2.21 bits per heavy atom. The van der Waals surface area contributed by atoms with E-state index in [0.29, 0.717) is 22.6 Å². The zero-order valence-corrected chi connectivity index (χ0v) is 16.4. The fourth-order valence-corrected chi connectivity index (χ4v) is 2.77. The van der Waals surface area contributed by atoms with Gasteiger partial charge in [0.2, 0.25) is 6.79 Å². The van der Waals surface area contributed by atoms with Gasteiger partial charge in [0.05, 0.1) is 0 Å². The molecule has 0 saturated carbocycles. The summed E-state index contributed by atoms with van der Waals surface area (Å²) >= 11 is 0. The summed E-state index contributed by atoms with van der Waals surface area (Å²) in [5, 5.41) is 2.71. The molecule has 152 valence electrons. The van der Waals surface area contributed by atoms with Gasteiger partial charge < -0.3 is 14.8 Å². The van der Waals surface area contributed by atoms with Crippen molar-refractivity contribution < 1.29 is 23.9 Å². The van der Waals surface area contributed by atoms with Crippen LogP contribution in [-0.2, 0) is 4.79 Å². The SMILES string of the molecule is Cc1ccc(C(=O)N[C@H](C(=O)NNC(=O)c2ccc3c(c2)OCO3)C(C)C)cc1. The van der Waals surface area contributed by atoms with E-state index in [1.165, 1.54) is 6.07 Å². The Bertz CT molecular complexity index is 924. The Morgan fingerprint density at radius 1 is 0.862 bits per heavy atom. The van der Waals surface area contributed by atoms with Gasteiger partial charge >= 0.3 is 0 Å². The summed E-state index contributed by atoms with van der Waals surface area (Å²) in [6.07, 6.45) is 0. The maximum absolute atomic E-state index is 12.5. The van der Waals surface area contributed by atoms with Gasteiger partial charge in [-0.25, -0.2) is 0 Å². The highest BCUT2D eigenvalue weighted by Crippen LogP contribution is 2.32. The Balaban J connectivity index is 1.60. The van der Waals surface area contributed by atoms with E-state index in [1.54, 1.807) is 38.1 Å². The molecule has 0 saturated heterocycles. The van der Waals surface area contributed by atoms with Gasteiger partial charge in [-0.3, -0.25) is 25.2 Å². The van der Waals surface area contributed by atoms with Gasteiger partial charge in [0.15, 0.2) is 11.5 Å². The maximum atomic E-state index is 12.5. The summed E-state index contributed by atoms with van der Waals surface area (Å²) in [6.45, 7) is 5.64. The number of aryl methyl sites for hydroxylation is 1. The molecule has 3 amide bonds. The van der Waals surface area contributed by atoms with Crippen LogP contribution in [0.1, 0.15) is 40.1 Å². The highest BCUT2D eigenvalue weighted by molar-refractivity contribution is 5.99. The van der Waals surface area contributed by atoms with Crippen LogP contribution in [0.5, 0.6) is 11.5 Å². The minimum atomic E-state index is -0.819. The van der Waals surface area contributed by atoms with Crippen molar-refractivity contribution in [3.8, 4) is 11.5 Å². The maximum Gasteiger partial charge on any atom is 0.269 e. The second-order valence-electron chi connectivity index (χ2n) is 7.07. The summed E-state index contributed by atoms with van der Waals surface area (Å²) < 4.78 is 10.4. The van der Waals surface area contributed by atoms with E-state index >= 15 is 0 Å². The number of hydrogen-bond donors (Lipinski definition) is 3. The van der Waals surface area contributed by atoms with Crippen LogP contribution in [0.4, 0.5) is 0 Å². The minimum absolute atomic E-state index is 0.105. The average Bonchev–Trinajstić information content (AvgIpc) is 3.17. The molecule has 2 aromatic carbocycles. The first-order chi connectivity index (χ1) is 13.8. The molecule has 3 rings (SSSR count). The lowest BCUT2D eigenvalue weighted by molar-refractivity contribution is -0.124. The topological polar surface area (TPSA) is 106 Å². The van der Waals surface area contributed by atoms with Gasteiger partial charge in [-0.1, -0.05) is 31.5 Å². The number of rotatable bonds is 5. The van der Waals surface area contributed by atoms with E-state index in [1.807, 2.05) is 19.1 Å². The van der Waals surface area contributed by atoms with Crippen molar-refractivity contribution in [2.24, 2.45) is 5.92 Å². The number of ether oxygens (including phenoxy) is 2. The van der Waals surface area contributed by atoms with E-state index in [0.717, 1.165) is 5.56 Å². The molecule has 1 atom stereocenters. The third-order valence-corrected chi connectivity index (χ3v) is 4.48. The molecule has 0 fully saturated rings. The highest BCUT2D eigenvalue weighted by Gasteiger charge is 2.25. The second kappa shape index (κ2) is 8.64. The first kappa shape index (κ1) is 20.2. The van der Waals surface area contributed by atoms with E-state index in [4.69, 9.17) is 9.47 Å². The van der Waals surface area contributed by atoms with Crippen LogP contribution >= 0.6 is 0 Å². The Morgan fingerprint density at radius 2 is 1.52 bits per heavy atom. The molecule has 0 aromatic heterocycles. The number of benzene rings is 2. The summed E-state index contributed by atoms with van der Waals surface area (Å²) in [5.41, 5.74) is 6.53. The average molecular weight is 397 g/mol. The van der Waals surface area contributed by atoms with Crippen LogP contribution in [0.2, 0.25) is 0 Å². The van der Waals surface area contributed by atoms with Crippen LogP contribution in [0.25, 0.3) is 0 Å². The molecule has 2 aromatic rings. The third-order valence-electron chi connectivity index (χ3n) is 4.48. The van der Waals surface area contributed by atoms with Crippen molar-refractivity contribution in [1.29, 1.82) is 0 Å². The van der Waals surface area contributed by atoms with E-state index in [2.05, 4.69) is 16.2 Å². The van der Waals surface area contributed by atoms with Crippen LogP contribution in [0.15, 0.2) is 42.5 Å². The molecule has 0 spiro atoms. The molecule has 3 N–H and O–H groups in total. The lowest BCUT2D eigenvalue weighted by atomic mass is 10.0. The monoisotopic (exact) mass is 397 g/mol. The predicted octanol–water partition coefficient (Wildman–Crippen LogP) is 1.94. The quantitative estimate of drug-likeness (QED) is 0.669. The number of hydrazine groups is 1. The van der Waals surface area contributed by atoms with E-state index in [-0.39, 0.29) is 18.6 Å². The lowest BCUT2D eigenvalue weighted by Gasteiger charge is -2.22. The third kappa shape index (κ3) is 4.84. The largest absolute Gasteiger partial charge is 0.454 e. The first-order valence-electron chi connectivity index (χ1n) is 9.22. The van der Waals surface area contributed by atoms with Crippen LogP contribution in [0.3, 0.4) is 0 Å². The molecule has 0 aliphatic carbocycles. The van der Waals surface area contributed by atoms with Gasteiger partial charge in [-0.05, 0) is 43.2 Å². The molecular formula is C21H23N3O5. The number of carbonyl (C=O) groups excluding carboxylic acids is 3. The molecular weight excluding hydrogens is 374 g/mol. The van der Waals surface area contributed by atoms with Crippen molar-refractivity contribution in [3.05, 3.63) is 59.2 Å². The standard InChI is InChI=1S/C21H23N3O5/c1-12(2)18(22-19(25)14-6-4-13(3)5-7-14)21(27)24-23-20(26)15-8-9-16-17(10-15)29-11-28-16/h4-10,12,18H,11H2,1-3H3,(H,22,25)(H,23,26)(H,24,27)/t18-/m0/s1. The smallest absolute Gasteiger partial charge is 0.269 e. The van der Waals surface area contributed by atoms with Gasteiger partial charge in [-0.15, -0.1) is 0 Å². The fourth-order valence-electron chi connectivity index (χ4n) is 2.77. The predicted molar refractivity (Wildman–Crippen MR) is 105 cm³/mol. The lowest BCUT2D eigenvalue weighted by Crippen LogP contribution is -2.54. The molecule has 0 bridgehead atoms. The molecule has 1 aliphatic rings. The Labute approximate surface area is 168 Å². The minimum Gasteiger partial charge on any atom is -0.454 e. The van der Waals surface area contributed by atoms with Gasteiger partial charge in [0, 0.05) is 11.1 Å². The number of nitrogens with one attached hydrogen (secondary N) is 3. The summed E-state index contributed by atoms with van der Waals surface area (Å²) in [6, 6.07) is 10.9. The number of amides is 3. The molecule has 1 aliphatic heterocycles. The first-order valence-corrected chi connectivity index (χ1v) is 9.22.